The van der Waals surface area contributed by atoms with Gasteiger partial charge in [-0.1, -0.05) is 0 Å². The maximum absolute atomic E-state index is 9.00. The Balaban J connectivity index is -0.00000000800. The van der Waals surface area contributed by atoms with Crippen LogP contribution in [0.3, 0.4) is 0 Å². The van der Waals surface area contributed by atoms with E-state index in [0.717, 1.165) is 13.8 Å². The molecule has 0 heterocycles. The summed E-state index contributed by atoms with van der Waals surface area (Å²) >= 11 is 0. The van der Waals surface area contributed by atoms with E-state index >= 15 is 0 Å². The van der Waals surface area contributed by atoms with E-state index in [4.69, 9.17) is 19.8 Å². The van der Waals surface area contributed by atoms with Gasteiger partial charge in [0.05, 0.1) is 0 Å². The first-order valence-corrected chi connectivity index (χ1v) is 1.86. The van der Waals surface area contributed by atoms with Gasteiger partial charge in [0.15, 0.2) is 0 Å². The molecule has 0 radical (unpaired) electrons. The number of carbonyl (C=O) groups is 2. The van der Waals surface area contributed by atoms with Gasteiger partial charge in [0, 0.05) is 13.8 Å². The number of rotatable bonds is 0. The molecule has 0 rings (SSSR count). The van der Waals surface area contributed by atoms with Crippen molar-refractivity contribution in [3.8, 4) is 0 Å². The summed E-state index contributed by atoms with van der Waals surface area (Å²) in [7, 11) is 0. The largest absolute Gasteiger partial charge is 2.00 e. The molecule has 0 aliphatic carbocycles. The van der Waals surface area contributed by atoms with Crippen LogP contribution in [0.2, 0.25) is 0 Å². The molecule has 0 aromatic heterocycles. The summed E-state index contributed by atoms with van der Waals surface area (Å²) in [4.78, 5) is 18.0. The zero-order valence-electron chi connectivity index (χ0n) is 9.42. The molecule has 0 spiro atoms. The third kappa shape index (κ3) is 228. The van der Waals surface area contributed by atoms with Crippen molar-refractivity contribution in [2.24, 2.45) is 0 Å². The molecule has 2 N–H and O–H groups in total. The minimum absolute atomic E-state index is 0. The molecule has 0 bridgehead atoms. The van der Waals surface area contributed by atoms with Crippen molar-refractivity contribution in [3.63, 3.8) is 0 Å². The SMILES string of the molecule is CC(=O)O.CC(=O)O.[Ca+2].[H-].[H-].[H-].[K+]. The molecule has 0 aliphatic rings. The first-order chi connectivity index (χ1) is 3.46. The van der Waals surface area contributed by atoms with Crippen LogP contribution in [0.4, 0.5) is 0 Å². The third-order valence-electron chi connectivity index (χ3n) is 0. The van der Waals surface area contributed by atoms with Crippen LogP contribution in [-0.4, -0.2) is 59.9 Å². The smallest absolute Gasteiger partial charge is 1.00 e. The number of aliphatic carboxylic acids is 2. The van der Waals surface area contributed by atoms with Crippen LogP contribution < -0.4 is 51.4 Å². The van der Waals surface area contributed by atoms with E-state index in [2.05, 4.69) is 0 Å². The summed E-state index contributed by atoms with van der Waals surface area (Å²) in [6, 6.07) is 0. The number of hydrogen-bond acceptors (Lipinski definition) is 2. The van der Waals surface area contributed by atoms with Crippen LogP contribution in [0, 0.1) is 0 Å². The van der Waals surface area contributed by atoms with Crippen LogP contribution in [0.1, 0.15) is 18.1 Å². The monoisotopic (exact) mass is 202 g/mol. The Morgan fingerprint density at radius 2 is 1.10 bits per heavy atom. The van der Waals surface area contributed by atoms with Gasteiger partial charge in [0.25, 0.3) is 11.9 Å². The van der Waals surface area contributed by atoms with Crippen molar-refractivity contribution in [2.45, 2.75) is 13.8 Å². The minimum atomic E-state index is -0.833. The van der Waals surface area contributed by atoms with Crippen molar-refractivity contribution in [3.05, 3.63) is 0 Å². The molecular weight excluding hydrogens is 191 g/mol. The molecule has 0 unspecified atom stereocenters. The molecule has 0 aromatic carbocycles. The fourth-order valence-electron chi connectivity index (χ4n) is 0. The zero-order valence-corrected chi connectivity index (χ0v) is 11.7. The summed E-state index contributed by atoms with van der Waals surface area (Å²) in [6.07, 6.45) is 0. The first kappa shape index (κ1) is 22.6. The van der Waals surface area contributed by atoms with Crippen LogP contribution >= 0.6 is 0 Å². The summed E-state index contributed by atoms with van der Waals surface area (Å²) in [5.41, 5.74) is 0. The predicted octanol–water partition coefficient (Wildman–Crippen LogP) is -2.86. The molecule has 54 valence electrons. The second-order valence-corrected chi connectivity index (χ2v) is 1.04. The van der Waals surface area contributed by atoms with Gasteiger partial charge in [-0.3, -0.25) is 9.59 Å². The van der Waals surface area contributed by atoms with Crippen molar-refractivity contribution in [2.75, 3.05) is 0 Å². The van der Waals surface area contributed by atoms with Crippen molar-refractivity contribution in [1.82, 2.24) is 0 Å². The van der Waals surface area contributed by atoms with Crippen molar-refractivity contribution >= 4 is 49.7 Å². The molecule has 0 saturated carbocycles. The molecule has 6 heteroatoms. The van der Waals surface area contributed by atoms with E-state index in [-0.39, 0.29) is 93.4 Å². The average molecular weight is 202 g/mol. The Morgan fingerprint density at radius 1 is 1.10 bits per heavy atom. The number of carboxylic acid groups (broad SMARTS) is 2. The summed E-state index contributed by atoms with van der Waals surface area (Å²) in [5, 5.41) is 14.8. The predicted molar refractivity (Wildman–Crippen MR) is 35.7 cm³/mol. The van der Waals surface area contributed by atoms with Gasteiger partial charge in [0.2, 0.25) is 0 Å². The Hall–Kier alpha value is 1.84. The quantitative estimate of drug-likeness (QED) is 0.414. The second kappa shape index (κ2) is 17.1. The molecule has 0 amide bonds. The van der Waals surface area contributed by atoms with Crippen LogP contribution in [-0.2, 0) is 9.59 Å². The first-order valence-electron chi connectivity index (χ1n) is 1.86. The standard InChI is InChI=1S/2C2H4O2.Ca.K.3H/c2*1-2(3)4;;;;;/h2*1H3,(H,3,4);;;;;/q;;+2;+1;3*-1. The normalized spacial score (nSPS) is 5.00. The fraction of sp³-hybridized carbons (Fsp3) is 0.500. The number of hydrogen-bond donors (Lipinski definition) is 2. The Bertz CT molecular complexity index is 85.4. The van der Waals surface area contributed by atoms with E-state index in [9.17, 15) is 0 Å². The maximum atomic E-state index is 9.00. The second-order valence-electron chi connectivity index (χ2n) is 1.04. The maximum Gasteiger partial charge on any atom is 2.00 e. The topological polar surface area (TPSA) is 74.6 Å². The molecule has 0 saturated heterocycles. The van der Waals surface area contributed by atoms with Gasteiger partial charge in [-0.15, -0.1) is 0 Å². The van der Waals surface area contributed by atoms with Gasteiger partial charge in [0.1, 0.15) is 0 Å². The van der Waals surface area contributed by atoms with E-state index in [1.165, 1.54) is 0 Å². The Labute approximate surface area is 136 Å². The Morgan fingerprint density at radius 3 is 1.10 bits per heavy atom. The zero-order chi connectivity index (χ0) is 7.15. The Kier molecular flexibility index (Phi) is 38.6. The molecule has 0 aliphatic heterocycles. The van der Waals surface area contributed by atoms with Crippen LogP contribution in [0.15, 0.2) is 0 Å². The van der Waals surface area contributed by atoms with Crippen LogP contribution in [0.5, 0.6) is 0 Å². The number of carboxylic acids is 2. The van der Waals surface area contributed by atoms with E-state index in [0.29, 0.717) is 0 Å². The minimum Gasteiger partial charge on any atom is -1.00 e. The van der Waals surface area contributed by atoms with E-state index < -0.39 is 11.9 Å². The van der Waals surface area contributed by atoms with Gasteiger partial charge >= 0.3 is 89.1 Å². The summed E-state index contributed by atoms with van der Waals surface area (Å²) < 4.78 is 0. The summed E-state index contributed by atoms with van der Waals surface area (Å²) in [6.45, 7) is 2.17. The van der Waals surface area contributed by atoms with Crippen molar-refractivity contribution in [1.29, 1.82) is 0 Å². The van der Waals surface area contributed by atoms with Gasteiger partial charge < -0.3 is 14.5 Å². The van der Waals surface area contributed by atoms with E-state index in [1.807, 2.05) is 0 Å². The van der Waals surface area contributed by atoms with Crippen molar-refractivity contribution < 1.29 is 75.5 Å². The van der Waals surface area contributed by atoms with Gasteiger partial charge in [-0.05, 0) is 0 Å². The molecule has 0 atom stereocenters. The van der Waals surface area contributed by atoms with Gasteiger partial charge in [-0.2, -0.15) is 0 Å². The molecular formula is C4H11CaKO4. The molecule has 0 fully saturated rings. The van der Waals surface area contributed by atoms with Gasteiger partial charge in [-0.25, -0.2) is 0 Å². The molecule has 0 aromatic rings. The third-order valence-corrected chi connectivity index (χ3v) is 0. The summed E-state index contributed by atoms with van der Waals surface area (Å²) in [5.74, 6) is -1.67. The average Bonchev–Trinajstić information content (AvgIpc) is 1.25. The van der Waals surface area contributed by atoms with E-state index in [1.54, 1.807) is 0 Å². The van der Waals surface area contributed by atoms with Crippen LogP contribution in [0.25, 0.3) is 0 Å². The molecule has 10 heavy (non-hydrogen) atoms. The fourth-order valence-corrected chi connectivity index (χ4v) is 0. The molecule has 4 nitrogen and oxygen atoms in total.